The van der Waals surface area contributed by atoms with E-state index in [0.29, 0.717) is 0 Å². The summed E-state index contributed by atoms with van der Waals surface area (Å²) < 4.78 is 26.8. The van der Waals surface area contributed by atoms with E-state index >= 15 is 0 Å². The van der Waals surface area contributed by atoms with Crippen molar-refractivity contribution in [3.05, 3.63) is 57.5 Å². The molecule has 7 heteroatoms. The third-order valence-electron chi connectivity index (χ3n) is 2.72. The monoisotopic (exact) mass is 293 g/mol. The van der Waals surface area contributed by atoms with Gasteiger partial charge in [0.05, 0.1) is 10.9 Å². The van der Waals surface area contributed by atoms with Crippen LogP contribution < -0.4 is 5.56 Å². The van der Waals surface area contributed by atoms with Gasteiger partial charge in [-0.2, -0.15) is 9.37 Å². The third kappa shape index (κ3) is 2.14. The molecule has 2 heterocycles. The molecule has 0 saturated carbocycles. The Morgan fingerprint density at radius 3 is 2.70 bits per heavy atom. The molecule has 0 amide bonds. The number of aromatic amines is 1. The molecule has 0 bridgehead atoms. The van der Waals surface area contributed by atoms with E-state index in [1.165, 1.54) is 18.2 Å². The Morgan fingerprint density at radius 1 is 1.10 bits per heavy atom. The molecule has 0 atom stereocenters. The van der Waals surface area contributed by atoms with Gasteiger partial charge in [-0.15, -0.1) is 0 Å². The van der Waals surface area contributed by atoms with Crippen LogP contribution in [0.5, 0.6) is 0 Å². The molecule has 0 saturated heterocycles. The maximum atomic E-state index is 13.8. The van der Waals surface area contributed by atoms with Crippen molar-refractivity contribution in [3.8, 4) is 11.4 Å². The second kappa shape index (κ2) is 4.64. The van der Waals surface area contributed by atoms with Gasteiger partial charge in [-0.3, -0.25) is 4.79 Å². The molecule has 2 aromatic heterocycles. The van der Waals surface area contributed by atoms with Crippen LogP contribution in [0.2, 0.25) is 5.02 Å². The molecule has 20 heavy (non-hydrogen) atoms. The average Bonchev–Trinajstić information content (AvgIpc) is 2.41. The molecule has 1 aromatic carbocycles. The standard InChI is InChI=1S/C13H6ClF2N3O/c14-6-1-3-9(15)8(5-6)12-18-11-7(13(20)19-12)2-4-10(16)17-11/h1-5H,(H,17,18,19,20). The number of nitrogens with one attached hydrogen (secondary N) is 1. The first-order valence-electron chi connectivity index (χ1n) is 5.56. The molecular formula is C13H6ClF2N3O. The summed E-state index contributed by atoms with van der Waals surface area (Å²) in [6.07, 6.45) is 0. The maximum absolute atomic E-state index is 13.8. The van der Waals surface area contributed by atoms with E-state index in [4.69, 9.17) is 11.6 Å². The summed E-state index contributed by atoms with van der Waals surface area (Å²) in [4.78, 5) is 21.8. The number of aromatic nitrogens is 3. The Hall–Kier alpha value is -2.34. The third-order valence-corrected chi connectivity index (χ3v) is 2.95. The lowest BCUT2D eigenvalue weighted by Crippen LogP contribution is -2.11. The molecule has 0 unspecified atom stereocenters. The Bertz CT molecular complexity index is 879. The van der Waals surface area contributed by atoms with E-state index in [1.807, 2.05) is 0 Å². The van der Waals surface area contributed by atoms with Gasteiger partial charge in [-0.25, -0.2) is 9.37 Å². The molecule has 0 aliphatic carbocycles. The Kier molecular flexibility index (Phi) is 2.94. The summed E-state index contributed by atoms with van der Waals surface area (Å²) in [6.45, 7) is 0. The van der Waals surface area contributed by atoms with Crippen LogP contribution in [0.4, 0.5) is 8.78 Å². The van der Waals surface area contributed by atoms with Crippen LogP contribution in [0.25, 0.3) is 22.4 Å². The Balaban J connectivity index is 2.32. The average molecular weight is 294 g/mol. The van der Waals surface area contributed by atoms with Crippen molar-refractivity contribution >= 4 is 22.6 Å². The van der Waals surface area contributed by atoms with Crippen LogP contribution >= 0.6 is 11.6 Å². The quantitative estimate of drug-likeness (QED) is 0.702. The summed E-state index contributed by atoms with van der Waals surface area (Å²) in [5.74, 6) is -1.43. The highest BCUT2D eigenvalue weighted by Gasteiger charge is 2.12. The fourth-order valence-electron chi connectivity index (χ4n) is 1.80. The number of benzene rings is 1. The molecule has 3 rings (SSSR count). The predicted octanol–water partition coefficient (Wildman–Crippen LogP) is 2.92. The van der Waals surface area contributed by atoms with E-state index in [-0.39, 0.29) is 27.4 Å². The van der Waals surface area contributed by atoms with Gasteiger partial charge < -0.3 is 4.98 Å². The van der Waals surface area contributed by atoms with Gasteiger partial charge in [0.1, 0.15) is 11.6 Å². The fraction of sp³-hybridized carbons (Fsp3) is 0. The van der Waals surface area contributed by atoms with Crippen LogP contribution in [0.15, 0.2) is 35.1 Å². The van der Waals surface area contributed by atoms with Crippen molar-refractivity contribution in [2.45, 2.75) is 0 Å². The number of H-pyrrole nitrogens is 1. The van der Waals surface area contributed by atoms with Gasteiger partial charge in [0.25, 0.3) is 5.56 Å². The topological polar surface area (TPSA) is 58.6 Å². The molecule has 4 nitrogen and oxygen atoms in total. The summed E-state index contributed by atoms with van der Waals surface area (Å²) >= 11 is 5.79. The minimum Gasteiger partial charge on any atom is -0.306 e. The highest BCUT2D eigenvalue weighted by atomic mass is 35.5. The fourth-order valence-corrected chi connectivity index (χ4v) is 1.98. The predicted molar refractivity (Wildman–Crippen MR) is 70.5 cm³/mol. The summed E-state index contributed by atoms with van der Waals surface area (Å²) in [5, 5.41) is 0.411. The van der Waals surface area contributed by atoms with Gasteiger partial charge in [0.15, 0.2) is 5.65 Å². The zero-order valence-corrected chi connectivity index (χ0v) is 10.6. The number of fused-ring (bicyclic) bond motifs is 1. The van der Waals surface area contributed by atoms with E-state index in [0.717, 1.165) is 12.1 Å². The zero-order valence-electron chi connectivity index (χ0n) is 9.82. The van der Waals surface area contributed by atoms with Crippen LogP contribution in [0, 0.1) is 11.8 Å². The van der Waals surface area contributed by atoms with E-state index in [9.17, 15) is 13.6 Å². The molecule has 0 fully saturated rings. The second-order valence-electron chi connectivity index (χ2n) is 4.04. The maximum Gasteiger partial charge on any atom is 0.260 e. The van der Waals surface area contributed by atoms with Crippen LogP contribution in [-0.4, -0.2) is 15.0 Å². The number of hydrogen-bond acceptors (Lipinski definition) is 3. The lowest BCUT2D eigenvalue weighted by molar-refractivity contribution is 0.588. The van der Waals surface area contributed by atoms with Gasteiger partial charge in [-0.1, -0.05) is 11.6 Å². The molecule has 100 valence electrons. The Labute approximate surface area is 116 Å². The molecular weight excluding hydrogens is 288 g/mol. The number of pyridine rings is 1. The minimum absolute atomic E-state index is 0.0163. The van der Waals surface area contributed by atoms with Crippen molar-refractivity contribution in [1.29, 1.82) is 0 Å². The normalized spacial score (nSPS) is 10.9. The van der Waals surface area contributed by atoms with E-state index < -0.39 is 17.3 Å². The SMILES string of the molecule is O=c1[nH]c(-c2cc(Cl)ccc2F)nc2nc(F)ccc12. The first kappa shape index (κ1) is 12.7. The van der Waals surface area contributed by atoms with Crippen molar-refractivity contribution < 1.29 is 8.78 Å². The lowest BCUT2D eigenvalue weighted by Gasteiger charge is -2.04. The van der Waals surface area contributed by atoms with Crippen molar-refractivity contribution in [1.82, 2.24) is 15.0 Å². The van der Waals surface area contributed by atoms with E-state index in [2.05, 4.69) is 15.0 Å². The first-order valence-corrected chi connectivity index (χ1v) is 5.94. The lowest BCUT2D eigenvalue weighted by atomic mass is 10.2. The summed E-state index contributed by atoms with van der Waals surface area (Å²) in [6, 6.07) is 6.17. The van der Waals surface area contributed by atoms with Crippen molar-refractivity contribution in [2.24, 2.45) is 0 Å². The molecule has 0 radical (unpaired) electrons. The summed E-state index contributed by atoms with van der Waals surface area (Å²) in [7, 11) is 0. The van der Waals surface area contributed by atoms with Gasteiger partial charge in [0.2, 0.25) is 5.95 Å². The molecule has 0 aliphatic heterocycles. The first-order chi connectivity index (χ1) is 9.54. The van der Waals surface area contributed by atoms with Crippen LogP contribution in [-0.2, 0) is 0 Å². The molecule has 0 aliphatic rings. The number of nitrogens with zero attached hydrogens (tertiary/aromatic N) is 2. The van der Waals surface area contributed by atoms with Crippen LogP contribution in [0.1, 0.15) is 0 Å². The largest absolute Gasteiger partial charge is 0.306 e. The number of halogens is 3. The van der Waals surface area contributed by atoms with Gasteiger partial charge in [0, 0.05) is 5.02 Å². The minimum atomic E-state index is -0.770. The molecule has 0 spiro atoms. The van der Waals surface area contributed by atoms with Crippen LogP contribution in [0.3, 0.4) is 0 Å². The second-order valence-corrected chi connectivity index (χ2v) is 4.48. The van der Waals surface area contributed by atoms with Gasteiger partial charge in [-0.05, 0) is 30.3 Å². The van der Waals surface area contributed by atoms with E-state index in [1.54, 1.807) is 0 Å². The molecule has 3 aromatic rings. The molecule has 1 N–H and O–H groups in total. The van der Waals surface area contributed by atoms with Crippen molar-refractivity contribution in [3.63, 3.8) is 0 Å². The number of hydrogen-bond donors (Lipinski definition) is 1. The highest BCUT2D eigenvalue weighted by molar-refractivity contribution is 6.30. The zero-order chi connectivity index (χ0) is 14.3. The Morgan fingerprint density at radius 2 is 1.90 bits per heavy atom. The van der Waals surface area contributed by atoms with Crippen molar-refractivity contribution in [2.75, 3.05) is 0 Å². The smallest absolute Gasteiger partial charge is 0.260 e. The summed E-state index contributed by atoms with van der Waals surface area (Å²) in [5.41, 5.74) is -0.609. The number of rotatable bonds is 1. The highest BCUT2D eigenvalue weighted by Crippen LogP contribution is 2.23. The van der Waals surface area contributed by atoms with Gasteiger partial charge >= 0.3 is 0 Å².